The summed E-state index contributed by atoms with van der Waals surface area (Å²) in [5.74, 6) is 6.06. The third-order valence-corrected chi connectivity index (χ3v) is 13.6. The topological polar surface area (TPSA) is 36.9 Å². The normalized spacial score (nSPS) is 39.1. The van der Waals surface area contributed by atoms with Gasteiger partial charge < -0.3 is 18.9 Å². The molecular weight excluding hydrogens is 592 g/mol. The predicted octanol–water partition coefficient (Wildman–Crippen LogP) is 11.1. The molecule has 4 fully saturated rings. The van der Waals surface area contributed by atoms with Crippen molar-refractivity contribution in [2.45, 2.75) is 157 Å². The van der Waals surface area contributed by atoms with Gasteiger partial charge in [0.1, 0.15) is 0 Å². The number of allylic oxidation sites excluding steroid dienone is 6. The zero-order valence-electron chi connectivity index (χ0n) is 33.0. The highest BCUT2D eigenvalue weighted by molar-refractivity contribution is 5.14. The average Bonchev–Trinajstić information content (AvgIpc) is 3.69. The second kappa shape index (κ2) is 14.8. The molecule has 0 aromatic rings. The first-order valence-corrected chi connectivity index (χ1v) is 19.6. The van der Waals surface area contributed by atoms with Gasteiger partial charge in [0.05, 0.1) is 48.8 Å². The number of fused-ring (bicyclic) bond motifs is 4. The fraction of sp³-hybridized carbons (Fsp3) is 0.818. The van der Waals surface area contributed by atoms with Crippen molar-refractivity contribution in [1.29, 1.82) is 0 Å². The Bertz CT molecular complexity index is 1240. The molecule has 0 bridgehead atoms. The minimum absolute atomic E-state index is 0.0896. The van der Waals surface area contributed by atoms with Crippen LogP contribution < -0.4 is 0 Å². The summed E-state index contributed by atoms with van der Waals surface area (Å²) in [5.41, 5.74) is 6.68. The maximum absolute atomic E-state index is 5.80. The fourth-order valence-corrected chi connectivity index (χ4v) is 10.3. The van der Waals surface area contributed by atoms with Gasteiger partial charge in [-0.3, -0.25) is 0 Å². The van der Waals surface area contributed by atoms with E-state index in [2.05, 4.69) is 107 Å². The highest BCUT2D eigenvalue weighted by Gasteiger charge is 2.46. The summed E-state index contributed by atoms with van der Waals surface area (Å²) in [6.45, 7) is 30.6. The first-order chi connectivity index (χ1) is 22.4. The van der Waals surface area contributed by atoms with Crippen LogP contribution in [0, 0.1) is 47.3 Å². The molecule has 4 heterocycles. The van der Waals surface area contributed by atoms with Crippen LogP contribution in [0.25, 0.3) is 0 Å². The van der Waals surface area contributed by atoms with E-state index in [1.165, 1.54) is 51.4 Å². The van der Waals surface area contributed by atoms with Crippen molar-refractivity contribution in [2.75, 3.05) is 26.4 Å². The molecule has 48 heavy (non-hydrogen) atoms. The Morgan fingerprint density at radius 3 is 1.73 bits per heavy atom. The van der Waals surface area contributed by atoms with Gasteiger partial charge in [0, 0.05) is 11.8 Å². The van der Waals surface area contributed by atoms with E-state index in [0.717, 1.165) is 61.9 Å². The van der Waals surface area contributed by atoms with Crippen molar-refractivity contribution >= 4 is 0 Å². The van der Waals surface area contributed by atoms with Crippen molar-refractivity contribution < 1.29 is 18.9 Å². The van der Waals surface area contributed by atoms with Gasteiger partial charge in [0.2, 0.25) is 0 Å². The second-order valence-corrected chi connectivity index (χ2v) is 19.0. The van der Waals surface area contributed by atoms with Crippen molar-refractivity contribution in [3.8, 4) is 0 Å². The smallest absolute Gasteiger partial charge is 0.0692 e. The van der Waals surface area contributed by atoms with E-state index in [1.807, 2.05) is 0 Å². The summed E-state index contributed by atoms with van der Waals surface area (Å²) >= 11 is 0. The van der Waals surface area contributed by atoms with E-state index < -0.39 is 0 Å². The zero-order chi connectivity index (χ0) is 35.1. The molecule has 0 N–H and O–H groups in total. The molecule has 4 aliphatic heterocycles. The Morgan fingerprint density at radius 2 is 1.00 bits per heavy atom. The summed E-state index contributed by atoms with van der Waals surface area (Å²) in [4.78, 5) is 0. The van der Waals surface area contributed by atoms with Crippen LogP contribution in [-0.4, -0.2) is 48.8 Å². The molecule has 4 saturated heterocycles. The Kier molecular flexibility index (Phi) is 11.7. The van der Waals surface area contributed by atoms with Gasteiger partial charge in [0.15, 0.2) is 0 Å². The van der Waals surface area contributed by atoms with Crippen LogP contribution in [-0.2, 0) is 18.9 Å². The number of hydrogen-bond acceptors (Lipinski definition) is 4. The van der Waals surface area contributed by atoms with Crippen LogP contribution in [0.2, 0.25) is 0 Å². The van der Waals surface area contributed by atoms with Gasteiger partial charge in [-0.2, -0.15) is 0 Å². The van der Waals surface area contributed by atoms with E-state index in [-0.39, 0.29) is 22.4 Å². The van der Waals surface area contributed by atoms with Gasteiger partial charge in [-0.25, -0.2) is 0 Å². The summed E-state index contributed by atoms with van der Waals surface area (Å²) in [7, 11) is 0. The van der Waals surface area contributed by atoms with Gasteiger partial charge in [-0.1, -0.05) is 46.6 Å². The van der Waals surface area contributed by atoms with Gasteiger partial charge in [-0.15, -0.1) is 0 Å². The lowest BCUT2D eigenvalue weighted by Gasteiger charge is -2.31. The SMILES string of the molecule is CC1=CC2C(CC1)COC2(C)C.CC1=CC2COC(C)(C)C2CC1.CC1=CCC2C(COC2(C)C)C1.CC1=CCC2COC(C)(C)C2C1. The average molecular weight is 665 g/mol. The third-order valence-electron chi connectivity index (χ3n) is 13.6. The van der Waals surface area contributed by atoms with Gasteiger partial charge >= 0.3 is 0 Å². The second-order valence-electron chi connectivity index (χ2n) is 19.0. The summed E-state index contributed by atoms with van der Waals surface area (Å²) in [6, 6.07) is 0. The molecule has 0 saturated carbocycles. The van der Waals surface area contributed by atoms with Crippen LogP contribution in [0.5, 0.6) is 0 Å². The molecule has 8 unspecified atom stereocenters. The molecule has 0 spiro atoms. The van der Waals surface area contributed by atoms with Gasteiger partial charge in [-0.05, 0) is 170 Å². The zero-order valence-corrected chi connectivity index (χ0v) is 33.0. The van der Waals surface area contributed by atoms with E-state index in [1.54, 1.807) is 22.3 Å². The lowest BCUT2D eigenvalue weighted by atomic mass is 9.74. The van der Waals surface area contributed by atoms with Crippen molar-refractivity contribution in [3.63, 3.8) is 0 Å². The summed E-state index contributed by atoms with van der Waals surface area (Å²) in [5, 5.41) is 0. The standard InChI is InChI=1S/4C11H18O/c2*1-8-4-5-10-9(6-8)7-12-11(10,2)3;2*1-8-4-5-9-7-12-11(2,3)10(9)6-8/h6,9-10H,4-5,7H2,1-3H3;4,9-10H,5-7H2,1-3H3;6,9-10H,4-5,7H2,1-3H3;4,9-10H,5-7H2,1-3H3. The molecule has 4 aliphatic carbocycles. The Morgan fingerprint density at radius 1 is 0.479 bits per heavy atom. The molecule has 4 heteroatoms. The fourth-order valence-electron chi connectivity index (χ4n) is 10.3. The molecule has 0 aromatic carbocycles. The molecule has 0 amide bonds. The number of rotatable bonds is 0. The quantitative estimate of drug-likeness (QED) is 0.242. The molecule has 272 valence electrons. The third kappa shape index (κ3) is 8.80. The lowest BCUT2D eigenvalue weighted by molar-refractivity contribution is 0.00925. The molecule has 8 aliphatic rings. The van der Waals surface area contributed by atoms with Crippen molar-refractivity contribution in [1.82, 2.24) is 0 Å². The molecular formula is C44H72O4. The largest absolute Gasteiger partial charge is 0.375 e. The van der Waals surface area contributed by atoms with Crippen LogP contribution in [0.3, 0.4) is 0 Å². The molecule has 8 atom stereocenters. The Labute approximate surface area is 295 Å². The Hall–Kier alpha value is -1.20. The van der Waals surface area contributed by atoms with Crippen molar-refractivity contribution in [3.05, 3.63) is 46.6 Å². The molecule has 8 rings (SSSR count). The number of ether oxygens (including phenoxy) is 4. The minimum atomic E-state index is 0.0896. The highest BCUT2D eigenvalue weighted by Crippen LogP contribution is 2.46. The van der Waals surface area contributed by atoms with E-state index in [9.17, 15) is 0 Å². The van der Waals surface area contributed by atoms with Crippen LogP contribution in [0.15, 0.2) is 46.6 Å². The van der Waals surface area contributed by atoms with Crippen LogP contribution >= 0.6 is 0 Å². The molecule has 4 nitrogen and oxygen atoms in total. The summed E-state index contributed by atoms with van der Waals surface area (Å²) < 4.78 is 23.2. The van der Waals surface area contributed by atoms with E-state index >= 15 is 0 Å². The molecule has 0 aromatic heterocycles. The van der Waals surface area contributed by atoms with Gasteiger partial charge in [0.25, 0.3) is 0 Å². The van der Waals surface area contributed by atoms with E-state index in [0.29, 0.717) is 11.8 Å². The highest BCUT2D eigenvalue weighted by atomic mass is 16.5. The Balaban J connectivity index is 0.000000125. The van der Waals surface area contributed by atoms with E-state index in [4.69, 9.17) is 18.9 Å². The minimum Gasteiger partial charge on any atom is -0.375 e. The maximum Gasteiger partial charge on any atom is 0.0692 e. The first kappa shape index (κ1) is 38.0. The predicted molar refractivity (Wildman–Crippen MR) is 200 cm³/mol. The van der Waals surface area contributed by atoms with Crippen LogP contribution in [0.4, 0.5) is 0 Å². The number of hydrogen-bond donors (Lipinski definition) is 0. The van der Waals surface area contributed by atoms with Crippen molar-refractivity contribution in [2.24, 2.45) is 47.3 Å². The molecule has 0 radical (unpaired) electrons. The maximum atomic E-state index is 5.80. The van der Waals surface area contributed by atoms with Crippen LogP contribution in [0.1, 0.15) is 134 Å². The monoisotopic (exact) mass is 665 g/mol. The summed E-state index contributed by atoms with van der Waals surface area (Å²) in [6.07, 6.45) is 19.8. The lowest BCUT2D eigenvalue weighted by Crippen LogP contribution is -2.31. The first-order valence-electron chi connectivity index (χ1n) is 19.6.